The first-order valence-corrected chi connectivity index (χ1v) is 9.90. The normalized spacial score (nSPS) is 12.9. The summed E-state index contributed by atoms with van der Waals surface area (Å²) < 4.78 is 5.52. The summed E-state index contributed by atoms with van der Waals surface area (Å²) in [5.41, 5.74) is 5.38. The maximum absolute atomic E-state index is 12.6. The monoisotopic (exact) mass is 412 g/mol. The van der Waals surface area contributed by atoms with E-state index in [4.69, 9.17) is 10.00 Å². The van der Waals surface area contributed by atoms with E-state index >= 15 is 0 Å². The quantitative estimate of drug-likeness (QED) is 0.616. The lowest BCUT2D eigenvalue weighted by Gasteiger charge is -2.19. The van der Waals surface area contributed by atoms with Crippen LogP contribution in [0.15, 0.2) is 72.8 Å². The van der Waals surface area contributed by atoms with Crippen molar-refractivity contribution in [1.82, 2.24) is 5.32 Å². The fraction of sp³-hybridized carbons (Fsp3) is 0.160. The summed E-state index contributed by atoms with van der Waals surface area (Å²) in [6, 6.07) is 23.8. The van der Waals surface area contributed by atoms with Crippen molar-refractivity contribution in [3.05, 3.63) is 95.1 Å². The molecule has 3 aromatic carbocycles. The number of ether oxygens (including phenoxy) is 1. The number of alkyl carbamates (subject to hydrolysis) is 1. The van der Waals surface area contributed by atoms with Crippen LogP contribution in [-0.4, -0.2) is 23.8 Å². The first-order valence-electron chi connectivity index (χ1n) is 9.90. The molecule has 6 nitrogen and oxygen atoms in total. The Morgan fingerprint density at radius 1 is 1.00 bits per heavy atom. The summed E-state index contributed by atoms with van der Waals surface area (Å²) in [4.78, 5) is 23.9. The van der Waals surface area contributed by atoms with Gasteiger partial charge in [-0.1, -0.05) is 60.7 Å². The molecule has 0 aromatic heterocycles. The molecule has 0 saturated carbocycles. The maximum Gasteiger partial charge on any atom is 0.407 e. The highest BCUT2D eigenvalue weighted by molar-refractivity contribution is 5.79. The number of rotatable bonds is 6. The van der Waals surface area contributed by atoms with Crippen molar-refractivity contribution in [1.29, 1.82) is 5.26 Å². The number of carboxylic acid groups (broad SMARTS) is 1. The summed E-state index contributed by atoms with van der Waals surface area (Å²) in [5.74, 6) is -1.15. The highest BCUT2D eigenvalue weighted by atomic mass is 16.5. The second-order valence-corrected chi connectivity index (χ2v) is 7.36. The second-order valence-electron chi connectivity index (χ2n) is 7.36. The molecule has 3 aromatic rings. The Hall–Kier alpha value is -4.11. The van der Waals surface area contributed by atoms with Gasteiger partial charge in [0.15, 0.2) is 0 Å². The van der Waals surface area contributed by atoms with E-state index in [1.807, 2.05) is 42.5 Å². The van der Waals surface area contributed by atoms with Gasteiger partial charge in [-0.3, -0.25) is 4.79 Å². The van der Waals surface area contributed by atoms with Crippen molar-refractivity contribution in [3.63, 3.8) is 0 Å². The minimum absolute atomic E-state index is 0.0852. The van der Waals surface area contributed by atoms with Gasteiger partial charge in [-0.25, -0.2) is 4.79 Å². The molecule has 0 bridgehead atoms. The number of carboxylic acids is 1. The number of amides is 1. The smallest absolute Gasteiger partial charge is 0.407 e. The van der Waals surface area contributed by atoms with Gasteiger partial charge in [-0.15, -0.1) is 0 Å². The topological polar surface area (TPSA) is 99.4 Å². The van der Waals surface area contributed by atoms with Crippen LogP contribution in [-0.2, 0) is 9.53 Å². The molecule has 1 aliphatic rings. The number of nitrogens with one attached hydrogen (secondary N) is 1. The number of nitriles is 1. The fourth-order valence-corrected chi connectivity index (χ4v) is 4.03. The minimum Gasteiger partial charge on any atom is -0.481 e. The lowest BCUT2D eigenvalue weighted by molar-refractivity contribution is -0.137. The lowest BCUT2D eigenvalue weighted by atomic mass is 9.98. The molecular formula is C25H20N2O4. The van der Waals surface area contributed by atoms with E-state index in [-0.39, 0.29) is 18.9 Å². The van der Waals surface area contributed by atoms with E-state index in [9.17, 15) is 14.7 Å². The van der Waals surface area contributed by atoms with Crippen LogP contribution in [0.5, 0.6) is 0 Å². The Kier molecular flexibility index (Phi) is 5.67. The molecule has 154 valence electrons. The minimum atomic E-state index is -1.06. The van der Waals surface area contributed by atoms with Gasteiger partial charge in [0.1, 0.15) is 6.61 Å². The molecular weight excluding hydrogens is 392 g/mol. The molecule has 4 rings (SSSR count). The van der Waals surface area contributed by atoms with Crippen molar-refractivity contribution < 1.29 is 19.4 Å². The van der Waals surface area contributed by atoms with E-state index < -0.39 is 18.1 Å². The third-order valence-corrected chi connectivity index (χ3v) is 5.43. The maximum atomic E-state index is 12.6. The number of benzene rings is 3. The van der Waals surface area contributed by atoms with Gasteiger partial charge in [0.25, 0.3) is 0 Å². The number of carbonyl (C=O) groups is 2. The average Bonchev–Trinajstić information content (AvgIpc) is 3.11. The predicted octanol–water partition coefficient (Wildman–Crippen LogP) is 4.61. The van der Waals surface area contributed by atoms with Gasteiger partial charge in [0.2, 0.25) is 0 Å². The molecule has 0 fully saturated rings. The van der Waals surface area contributed by atoms with Crippen molar-refractivity contribution >= 4 is 12.1 Å². The number of hydrogen-bond acceptors (Lipinski definition) is 4. The number of fused-ring (bicyclic) bond motifs is 3. The number of hydrogen-bond donors (Lipinski definition) is 2. The molecule has 0 spiro atoms. The Morgan fingerprint density at radius 3 is 2.26 bits per heavy atom. The highest BCUT2D eigenvalue weighted by Gasteiger charge is 2.29. The van der Waals surface area contributed by atoms with Crippen LogP contribution in [0.25, 0.3) is 11.1 Å². The fourth-order valence-electron chi connectivity index (χ4n) is 4.03. The number of nitrogens with zero attached hydrogens (tertiary/aromatic N) is 1. The largest absolute Gasteiger partial charge is 0.481 e. The molecule has 0 heterocycles. The molecule has 0 saturated heterocycles. The van der Waals surface area contributed by atoms with Crippen molar-refractivity contribution in [3.8, 4) is 17.2 Å². The average molecular weight is 412 g/mol. The summed E-state index contributed by atoms with van der Waals surface area (Å²) in [5, 5.41) is 21.0. The molecule has 1 unspecified atom stereocenters. The lowest BCUT2D eigenvalue weighted by Crippen LogP contribution is -2.31. The van der Waals surface area contributed by atoms with Crippen LogP contribution in [0.4, 0.5) is 4.79 Å². The van der Waals surface area contributed by atoms with E-state index in [0.29, 0.717) is 11.1 Å². The van der Waals surface area contributed by atoms with Crippen molar-refractivity contribution in [2.75, 3.05) is 6.61 Å². The van der Waals surface area contributed by atoms with Gasteiger partial charge in [-0.2, -0.15) is 5.26 Å². The summed E-state index contributed by atoms with van der Waals surface area (Å²) >= 11 is 0. The molecule has 1 amide bonds. The van der Waals surface area contributed by atoms with Gasteiger partial charge in [0, 0.05) is 5.92 Å². The first-order chi connectivity index (χ1) is 15.1. The molecule has 0 radical (unpaired) electrons. The van der Waals surface area contributed by atoms with Crippen molar-refractivity contribution in [2.24, 2.45) is 0 Å². The van der Waals surface area contributed by atoms with Crippen LogP contribution in [0.1, 0.15) is 40.6 Å². The van der Waals surface area contributed by atoms with Crippen LogP contribution in [0.2, 0.25) is 0 Å². The SMILES string of the molecule is N#Cc1cccc(C(CC(=O)O)NC(=O)OCC2c3ccccc3-c3ccccc32)c1. The van der Waals surface area contributed by atoms with E-state index in [0.717, 1.165) is 22.3 Å². The molecule has 1 atom stereocenters. The Morgan fingerprint density at radius 2 is 1.65 bits per heavy atom. The summed E-state index contributed by atoms with van der Waals surface area (Å²) in [6.45, 7) is 0.137. The molecule has 6 heteroatoms. The summed E-state index contributed by atoms with van der Waals surface area (Å²) in [6.07, 6.45) is -1.02. The van der Waals surface area contributed by atoms with Crippen LogP contribution in [0, 0.1) is 11.3 Å². The van der Waals surface area contributed by atoms with Gasteiger partial charge >= 0.3 is 12.1 Å². The summed E-state index contributed by atoms with van der Waals surface area (Å²) in [7, 11) is 0. The molecule has 2 N–H and O–H groups in total. The van der Waals surface area contributed by atoms with Crippen LogP contribution in [0.3, 0.4) is 0 Å². The third-order valence-electron chi connectivity index (χ3n) is 5.43. The standard InChI is InChI=1S/C25H20N2O4/c26-14-16-6-5-7-17(12-16)23(13-24(28)29)27-25(30)31-15-22-20-10-3-1-8-18(20)19-9-2-4-11-21(19)22/h1-12,22-23H,13,15H2,(H,27,30)(H,28,29). The number of aliphatic carboxylic acids is 1. The second kappa shape index (κ2) is 8.72. The van der Waals surface area contributed by atoms with Crippen molar-refractivity contribution in [2.45, 2.75) is 18.4 Å². The van der Waals surface area contributed by atoms with Gasteiger partial charge in [0.05, 0.1) is 24.1 Å². The van der Waals surface area contributed by atoms with E-state index in [1.54, 1.807) is 24.3 Å². The molecule has 1 aliphatic carbocycles. The predicted molar refractivity (Wildman–Crippen MR) is 114 cm³/mol. The van der Waals surface area contributed by atoms with E-state index in [2.05, 4.69) is 17.4 Å². The highest BCUT2D eigenvalue weighted by Crippen LogP contribution is 2.44. The first kappa shape index (κ1) is 20.2. The molecule has 0 aliphatic heterocycles. The zero-order valence-electron chi connectivity index (χ0n) is 16.6. The Balaban J connectivity index is 1.49. The Labute approximate surface area is 179 Å². The van der Waals surface area contributed by atoms with Gasteiger partial charge in [-0.05, 0) is 39.9 Å². The van der Waals surface area contributed by atoms with Crippen LogP contribution < -0.4 is 5.32 Å². The zero-order valence-corrected chi connectivity index (χ0v) is 16.6. The van der Waals surface area contributed by atoms with E-state index in [1.165, 1.54) is 0 Å². The van der Waals surface area contributed by atoms with Gasteiger partial charge < -0.3 is 15.2 Å². The third kappa shape index (κ3) is 4.26. The van der Waals surface area contributed by atoms with Crippen LogP contribution >= 0.6 is 0 Å². The zero-order chi connectivity index (χ0) is 21.8. The molecule has 31 heavy (non-hydrogen) atoms. The number of carbonyl (C=O) groups excluding carboxylic acids is 1. The Bertz CT molecular complexity index is 1140.